The maximum atomic E-state index is 13.5. The number of fused-ring (bicyclic) bond motifs is 1. The quantitative estimate of drug-likeness (QED) is 0.390. The van der Waals surface area contributed by atoms with Gasteiger partial charge in [-0.25, -0.2) is 18.6 Å². The zero-order valence-electron chi connectivity index (χ0n) is 19.3. The van der Waals surface area contributed by atoms with E-state index in [0.717, 1.165) is 5.39 Å². The summed E-state index contributed by atoms with van der Waals surface area (Å²) in [5.74, 6) is -1.04. The van der Waals surface area contributed by atoms with Gasteiger partial charge in [-0.15, -0.1) is 0 Å². The van der Waals surface area contributed by atoms with Crippen LogP contribution in [0.25, 0.3) is 10.8 Å². The highest BCUT2D eigenvalue weighted by molar-refractivity contribution is 6.31. The van der Waals surface area contributed by atoms with Crippen LogP contribution in [0.15, 0.2) is 48.7 Å². The Morgan fingerprint density at radius 1 is 1.14 bits per heavy atom. The lowest BCUT2D eigenvalue weighted by atomic mass is 10.2. The van der Waals surface area contributed by atoms with Gasteiger partial charge in [-0.05, 0) is 55.4 Å². The summed E-state index contributed by atoms with van der Waals surface area (Å²) in [6.07, 6.45) is 0.758. The maximum absolute atomic E-state index is 13.5. The highest BCUT2D eigenvalue weighted by Gasteiger charge is 2.17. The first-order valence-corrected chi connectivity index (χ1v) is 11.2. The van der Waals surface area contributed by atoms with Crippen molar-refractivity contribution in [3.63, 3.8) is 0 Å². The van der Waals surface area contributed by atoms with E-state index in [2.05, 4.69) is 20.9 Å². The van der Waals surface area contributed by atoms with Crippen LogP contribution < -0.4 is 16.0 Å². The SMILES string of the molecule is CN(C)C[C@@H](COC(=O)Nc1cc2cc(F)ccc2cn1)NC(=O)CNCc1cccc(F)c1Cl. The molecule has 0 unspecified atom stereocenters. The number of carbonyl (C=O) groups excluding carboxylic acids is 2. The van der Waals surface area contributed by atoms with Crippen LogP contribution in [-0.4, -0.2) is 61.7 Å². The molecule has 1 atom stereocenters. The second-order valence-corrected chi connectivity index (χ2v) is 8.51. The van der Waals surface area contributed by atoms with Gasteiger partial charge in [0.05, 0.1) is 17.6 Å². The largest absolute Gasteiger partial charge is 0.447 e. The van der Waals surface area contributed by atoms with Crippen LogP contribution in [0, 0.1) is 11.6 Å². The Labute approximate surface area is 206 Å². The smallest absolute Gasteiger partial charge is 0.412 e. The molecular formula is C24H26ClF2N5O3. The molecule has 0 radical (unpaired) electrons. The predicted molar refractivity (Wildman–Crippen MR) is 130 cm³/mol. The number of anilines is 1. The number of ether oxygens (including phenoxy) is 1. The number of carbonyl (C=O) groups is 2. The van der Waals surface area contributed by atoms with Gasteiger partial charge in [-0.3, -0.25) is 10.1 Å². The van der Waals surface area contributed by atoms with E-state index >= 15 is 0 Å². The van der Waals surface area contributed by atoms with Gasteiger partial charge in [0.1, 0.15) is 24.1 Å². The average molecular weight is 506 g/mol. The Morgan fingerprint density at radius 3 is 2.71 bits per heavy atom. The molecule has 0 spiro atoms. The lowest BCUT2D eigenvalue weighted by Crippen LogP contribution is -2.47. The second-order valence-electron chi connectivity index (χ2n) is 8.13. The van der Waals surface area contributed by atoms with Crippen molar-refractivity contribution >= 4 is 40.2 Å². The van der Waals surface area contributed by atoms with Gasteiger partial charge in [0.15, 0.2) is 0 Å². The maximum Gasteiger partial charge on any atom is 0.412 e. The number of likely N-dealkylation sites (N-methyl/N-ethyl adjacent to an activating group) is 1. The highest BCUT2D eigenvalue weighted by Crippen LogP contribution is 2.19. The molecule has 0 aliphatic heterocycles. The molecule has 0 aliphatic carbocycles. The monoisotopic (exact) mass is 505 g/mol. The number of benzene rings is 2. The fourth-order valence-corrected chi connectivity index (χ4v) is 3.55. The van der Waals surface area contributed by atoms with Crippen molar-refractivity contribution in [2.45, 2.75) is 12.6 Å². The van der Waals surface area contributed by atoms with E-state index in [1.54, 1.807) is 18.2 Å². The minimum Gasteiger partial charge on any atom is -0.447 e. The van der Waals surface area contributed by atoms with Crippen LogP contribution in [0.3, 0.4) is 0 Å². The summed E-state index contributed by atoms with van der Waals surface area (Å²) >= 11 is 5.92. The van der Waals surface area contributed by atoms with E-state index in [9.17, 15) is 18.4 Å². The van der Waals surface area contributed by atoms with Crippen LogP contribution in [-0.2, 0) is 16.1 Å². The summed E-state index contributed by atoms with van der Waals surface area (Å²) in [6.45, 7) is 0.500. The van der Waals surface area contributed by atoms with E-state index in [4.69, 9.17) is 16.3 Å². The molecule has 2 aromatic carbocycles. The molecule has 3 rings (SSSR count). The molecule has 1 heterocycles. The number of aromatic nitrogens is 1. The summed E-state index contributed by atoms with van der Waals surface area (Å²) in [4.78, 5) is 30.6. The molecular weight excluding hydrogens is 480 g/mol. The molecule has 11 heteroatoms. The number of nitrogens with one attached hydrogen (secondary N) is 3. The Hall–Kier alpha value is -3.34. The molecule has 0 saturated carbocycles. The predicted octanol–water partition coefficient (Wildman–Crippen LogP) is 3.55. The van der Waals surface area contributed by atoms with E-state index in [-0.39, 0.29) is 36.4 Å². The zero-order chi connectivity index (χ0) is 25.4. The van der Waals surface area contributed by atoms with Crippen LogP contribution in [0.4, 0.5) is 19.4 Å². The van der Waals surface area contributed by atoms with Crippen molar-refractivity contribution in [1.29, 1.82) is 0 Å². The molecule has 0 fully saturated rings. The first kappa shape index (κ1) is 26.3. The van der Waals surface area contributed by atoms with Crippen LogP contribution in [0.5, 0.6) is 0 Å². The number of hydrogen-bond acceptors (Lipinski definition) is 6. The van der Waals surface area contributed by atoms with Gasteiger partial charge in [0, 0.05) is 24.7 Å². The molecule has 0 aliphatic rings. The van der Waals surface area contributed by atoms with Crippen molar-refractivity contribution < 1.29 is 23.1 Å². The van der Waals surface area contributed by atoms with Gasteiger partial charge in [0.2, 0.25) is 5.91 Å². The molecule has 0 saturated heterocycles. The fraction of sp³-hybridized carbons (Fsp3) is 0.292. The van der Waals surface area contributed by atoms with E-state index < -0.39 is 23.8 Å². The fourth-order valence-electron chi connectivity index (χ4n) is 3.35. The minimum absolute atomic E-state index is 0.0105. The molecule has 186 valence electrons. The number of halogens is 3. The van der Waals surface area contributed by atoms with Gasteiger partial charge in [0.25, 0.3) is 0 Å². The van der Waals surface area contributed by atoms with E-state index in [1.807, 2.05) is 19.0 Å². The zero-order valence-corrected chi connectivity index (χ0v) is 20.0. The molecule has 0 bridgehead atoms. The number of hydrogen-bond donors (Lipinski definition) is 3. The number of rotatable bonds is 10. The van der Waals surface area contributed by atoms with Gasteiger partial charge in [-0.1, -0.05) is 23.7 Å². The Kier molecular flexibility index (Phi) is 9.30. The summed E-state index contributed by atoms with van der Waals surface area (Å²) in [5, 5.41) is 9.53. The molecule has 1 aromatic heterocycles. The Balaban J connectivity index is 1.49. The molecule has 3 N–H and O–H groups in total. The summed E-state index contributed by atoms with van der Waals surface area (Å²) in [5.41, 5.74) is 0.536. The number of nitrogens with zero attached hydrogens (tertiary/aromatic N) is 2. The van der Waals surface area contributed by atoms with Crippen molar-refractivity contribution in [1.82, 2.24) is 20.5 Å². The average Bonchev–Trinajstić information content (AvgIpc) is 2.79. The highest BCUT2D eigenvalue weighted by atomic mass is 35.5. The van der Waals surface area contributed by atoms with Crippen molar-refractivity contribution in [2.24, 2.45) is 0 Å². The normalized spacial score (nSPS) is 11.9. The van der Waals surface area contributed by atoms with Gasteiger partial charge < -0.3 is 20.3 Å². The second kappa shape index (κ2) is 12.4. The third-order valence-electron chi connectivity index (χ3n) is 4.91. The standard InChI is InChI=1S/C24H26ClF2N5O3/c1-32(2)13-19(30-22(33)12-28-10-16-4-3-5-20(27)23(16)25)14-35-24(34)31-21-9-17-8-18(26)7-6-15(17)11-29-21/h3-9,11,19,28H,10,12-14H2,1-2H3,(H,30,33)(H,29,31,34)/t19-/m0/s1. The summed E-state index contributed by atoms with van der Waals surface area (Å²) in [6, 6.07) is 9.78. The van der Waals surface area contributed by atoms with E-state index in [0.29, 0.717) is 17.5 Å². The molecule has 35 heavy (non-hydrogen) atoms. The first-order valence-electron chi connectivity index (χ1n) is 10.8. The Morgan fingerprint density at radius 2 is 1.94 bits per heavy atom. The van der Waals surface area contributed by atoms with Crippen molar-refractivity contribution in [2.75, 3.05) is 39.1 Å². The van der Waals surface area contributed by atoms with Crippen LogP contribution in [0.1, 0.15) is 5.56 Å². The van der Waals surface area contributed by atoms with E-state index in [1.165, 1.54) is 30.5 Å². The first-order chi connectivity index (χ1) is 16.7. The topological polar surface area (TPSA) is 95.6 Å². The minimum atomic E-state index is -0.759. The van der Waals surface area contributed by atoms with Crippen LogP contribution in [0.2, 0.25) is 5.02 Å². The summed E-state index contributed by atoms with van der Waals surface area (Å²) < 4.78 is 32.2. The summed E-state index contributed by atoms with van der Waals surface area (Å²) in [7, 11) is 3.64. The lowest BCUT2D eigenvalue weighted by Gasteiger charge is -2.22. The lowest BCUT2D eigenvalue weighted by molar-refractivity contribution is -0.121. The Bertz CT molecular complexity index is 1200. The van der Waals surface area contributed by atoms with Crippen molar-refractivity contribution in [3.8, 4) is 0 Å². The van der Waals surface area contributed by atoms with Crippen molar-refractivity contribution in [3.05, 3.63) is 70.9 Å². The third kappa shape index (κ3) is 8.13. The van der Waals surface area contributed by atoms with Gasteiger partial charge in [-0.2, -0.15) is 0 Å². The third-order valence-corrected chi connectivity index (χ3v) is 5.34. The van der Waals surface area contributed by atoms with Gasteiger partial charge >= 0.3 is 6.09 Å². The molecule has 8 nitrogen and oxygen atoms in total. The van der Waals surface area contributed by atoms with Crippen LogP contribution >= 0.6 is 11.6 Å². The number of pyridine rings is 1. The molecule has 3 aromatic rings. The number of amides is 2. The molecule has 2 amide bonds.